The number of aromatic nitrogens is 2. The third-order valence-corrected chi connectivity index (χ3v) is 3.20. The van der Waals surface area contributed by atoms with Crippen LogP contribution >= 0.6 is 15.9 Å². The summed E-state index contributed by atoms with van der Waals surface area (Å²) in [6, 6.07) is 0. The summed E-state index contributed by atoms with van der Waals surface area (Å²) in [4.78, 5) is 26.9. The Labute approximate surface area is 116 Å². The van der Waals surface area contributed by atoms with Crippen molar-refractivity contribution in [2.75, 3.05) is 6.61 Å². The Balaban J connectivity index is 2.38. The zero-order valence-electron chi connectivity index (χ0n) is 9.82. The maximum Gasteiger partial charge on any atom is 0.330 e. The van der Waals surface area contributed by atoms with Gasteiger partial charge in [0.15, 0.2) is 0 Å². The second-order valence-electron chi connectivity index (χ2n) is 4.16. The molecule has 1 aliphatic heterocycles. The molecule has 1 saturated heterocycles. The Morgan fingerprint density at radius 1 is 1.58 bits per heavy atom. The maximum absolute atomic E-state index is 11.7. The molecule has 3 atom stereocenters. The van der Waals surface area contributed by atoms with E-state index in [2.05, 4.69) is 20.9 Å². The lowest BCUT2D eigenvalue weighted by Gasteiger charge is -2.14. The van der Waals surface area contributed by atoms with Crippen molar-refractivity contribution in [3.05, 3.63) is 37.6 Å². The summed E-state index contributed by atoms with van der Waals surface area (Å²) >= 11 is 3.05. The fourth-order valence-electron chi connectivity index (χ4n) is 1.95. The summed E-state index contributed by atoms with van der Waals surface area (Å²) in [5.74, 6) is 0. The van der Waals surface area contributed by atoms with Gasteiger partial charge < -0.3 is 14.9 Å². The van der Waals surface area contributed by atoms with E-state index in [4.69, 9.17) is 9.84 Å². The first-order valence-electron chi connectivity index (χ1n) is 5.63. The second-order valence-corrected chi connectivity index (χ2v) is 4.69. The minimum absolute atomic E-state index is 0.175. The van der Waals surface area contributed by atoms with Gasteiger partial charge >= 0.3 is 5.69 Å². The molecule has 104 valence electrons. The smallest absolute Gasteiger partial charge is 0.330 e. The van der Waals surface area contributed by atoms with Gasteiger partial charge in [-0.05, 0) is 11.1 Å². The summed E-state index contributed by atoms with van der Waals surface area (Å²) in [6.07, 6.45) is 0.746. The Kier molecular flexibility index (Phi) is 4.35. The van der Waals surface area contributed by atoms with Gasteiger partial charge in [-0.25, -0.2) is 4.79 Å². The molecule has 1 aromatic rings. The van der Waals surface area contributed by atoms with Crippen molar-refractivity contribution >= 4 is 22.0 Å². The topological polar surface area (TPSA) is 105 Å². The first-order valence-corrected chi connectivity index (χ1v) is 6.55. The van der Waals surface area contributed by atoms with Gasteiger partial charge in [0.25, 0.3) is 5.56 Å². The lowest BCUT2D eigenvalue weighted by atomic mass is 10.2. The number of hydrogen-bond donors (Lipinski definition) is 3. The Bertz CT molecular complexity index is 593. The monoisotopic (exact) mass is 332 g/mol. The van der Waals surface area contributed by atoms with E-state index in [1.165, 1.54) is 21.8 Å². The standard InChI is InChI=1S/C11H13BrN2O5/c12-2-1-6-4-14(11(18)13-10(6)17)9-3-7(16)8(5-15)19-9/h1-2,4,7-9,15-16H,3,5H2,(H,13,17,18)/b2-1-/t7-,8-,9+/m0/s1. The second kappa shape index (κ2) is 5.83. The van der Waals surface area contributed by atoms with Crippen LogP contribution < -0.4 is 11.2 Å². The quantitative estimate of drug-likeness (QED) is 0.695. The number of nitrogens with zero attached hydrogens (tertiary/aromatic N) is 1. The SMILES string of the molecule is O=c1[nH]c(=O)n([C@H]2C[C@H](O)[C@H](CO)O2)cc1/C=C\Br. The molecule has 19 heavy (non-hydrogen) atoms. The molecular formula is C11H13BrN2O5. The summed E-state index contributed by atoms with van der Waals surface area (Å²) in [5, 5.41) is 18.7. The third kappa shape index (κ3) is 2.86. The summed E-state index contributed by atoms with van der Waals surface area (Å²) in [6.45, 7) is -0.329. The molecule has 7 nitrogen and oxygen atoms in total. The molecule has 0 unspecified atom stereocenters. The van der Waals surface area contributed by atoms with E-state index >= 15 is 0 Å². The van der Waals surface area contributed by atoms with E-state index in [1.54, 1.807) is 0 Å². The first kappa shape index (κ1) is 14.2. The molecule has 0 spiro atoms. The van der Waals surface area contributed by atoms with Gasteiger partial charge in [0.2, 0.25) is 0 Å². The third-order valence-electron chi connectivity index (χ3n) is 2.93. The number of H-pyrrole nitrogens is 1. The van der Waals surface area contributed by atoms with Gasteiger partial charge in [0, 0.05) is 12.6 Å². The number of aliphatic hydroxyl groups excluding tert-OH is 2. The van der Waals surface area contributed by atoms with Crippen LogP contribution in [0, 0.1) is 0 Å². The van der Waals surface area contributed by atoms with E-state index in [1.807, 2.05) is 0 Å². The van der Waals surface area contributed by atoms with Crippen molar-refractivity contribution in [3.8, 4) is 0 Å². The molecule has 0 bridgehead atoms. The van der Waals surface area contributed by atoms with Crippen LogP contribution in [-0.2, 0) is 4.74 Å². The summed E-state index contributed by atoms with van der Waals surface area (Å²) in [7, 11) is 0. The highest BCUT2D eigenvalue weighted by Gasteiger charge is 2.35. The molecule has 0 amide bonds. The molecule has 1 fully saturated rings. The number of ether oxygens (including phenoxy) is 1. The van der Waals surface area contributed by atoms with Crippen LogP contribution in [0.25, 0.3) is 6.08 Å². The fourth-order valence-corrected chi connectivity index (χ4v) is 2.24. The van der Waals surface area contributed by atoms with Gasteiger partial charge in [-0.2, -0.15) is 0 Å². The lowest BCUT2D eigenvalue weighted by molar-refractivity contribution is -0.0459. The first-order chi connectivity index (χ1) is 9.06. The molecule has 0 radical (unpaired) electrons. The molecule has 3 N–H and O–H groups in total. The van der Waals surface area contributed by atoms with E-state index < -0.39 is 29.7 Å². The zero-order chi connectivity index (χ0) is 14.0. The Morgan fingerprint density at radius 2 is 2.32 bits per heavy atom. The van der Waals surface area contributed by atoms with Gasteiger partial charge in [-0.15, -0.1) is 0 Å². The van der Waals surface area contributed by atoms with Gasteiger partial charge in [0.05, 0.1) is 18.3 Å². The Hall–Kier alpha value is -1.22. The highest BCUT2D eigenvalue weighted by molar-refractivity contribution is 9.11. The van der Waals surface area contributed by atoms with Crippen molar-refractivity contribution in [1.82, 2.24) is 9.55 Å². The predicted molar refractivity (Wildman–Crippen MR) is 70.9 cm³/mol. The minimum atomic E-state index is -0.844. The highest BCUT2D eigenvalue weighted by atomic mass is 79.9. The number of nitrogens with one attached hydrogen (secondary N) is 1. The molecule has 0 saturated carbocycles. The average molecular weight is 333 g/mol. The molecule has 2 heterocycles. The van der Waals surface area contributed by atoms with E-state index in [0.29, 0.717) is 0 Å². The van der Waals surface area contributed by atoms with Crippen LogP contribution in [0.2, 0.25) is 0 Å². The molecule has 1 aliphatic rings. The van der Waals surface area contributed by atoms with E-state index in [0.717, 1.165) is 0 Å². The molecule has 0 aliphatic carbocycles. The number of aromatic amines is 1. The van der Waals surface area contributed by atoms with Crippen LogP contribution in [0.15, 0.2) is 20.8 Å². The highest BCUT2D eigenvalue weighted by Crippen LogP contribution is 2.27. The van der Waals surface area contributed by atoms with Crippen LogP contribution in [0.4, 0.5) is 0 Å². The number of rotatable bonds is 3. The fraction of sp³-hybridized carbons (Fsp3) is 0.455. The maximum atomic E-state index is 11.7. The van der Waals surface area contributed by atoms with E-state index in [-0.39, 0.29) is 18.6 Å². The van der Waals surface area contributed by atoms with Crippen LogP contribution in [0.5, 0.6) is 0 Å². The lowest BCUT2D eigenvalue weighted by Crippen LogP contribution is -2.33. The normalized spacial score (nSPS) is 27.2. The zero-order valence-corrected chi connectivity index (χ0v) is 11.4. The van der Waals surface area contributed by atoms with Crippen molar-refractivity contribution in [2.24, 2.45) is 0 Å². The van der Waals surface area contributed by atoms with Crippen molar-refractivity contribution < 1.29 is 14.9 Å². The van der Waals surface area contributed by atoms with Crippen LogP contribution in [-0.4, -0.2) is 38.6 Å². The Morgan fingerprint density at radius 3 is 2.89 bits per heavy atom. The number of aliphatic hydroxyl groups is 2. The molecule has 2 rings (SSSR count). The van der Waals surface area contributed by atoms with Crippen molar-refractivity contribution in [1.29, 1.82) is 0 Å². The van der Waals surface area contributed by atoms with Crippen molar-refractivity contribution in [2.45, 2.75) is 24.9 Å². The number of hydrogen-bond acceptors (Lipinski definition) is 5. The molecule has 0 aromatic carbocycles. The summed E-state index contributed by atoms with van der Waals surface area (Å²) in [5.41, 5.74) is -0.844. The predicted octanol–water partition coefficient (Wildman–Crippen LogP) is -0.457. The van der Waals surface area contributed by atoms with Gasteiger partial charge in [-0.1, -0.05) is 15.9 Å². The number of halogens is 1. The molecular weight excluding hydrogens is 320 g/mol. The van der Waals surface area contributed by atoms with E-state index in [9.17, 15) is 14.7 Å². The molecule has 1 aromatic heterocycles. The average Bonchev–Trinajstić information content (AvgIpc) is 2.74. The minimum Gasteiger partial charge on any atom is -0.394 e. The van der Waals surface area contributed by atoms with Crippen LogP contribution in [0.1, 0.15) is 18.2 Å². The van der Waals surface area contributed by atoms with Crippen molar-refractivity contribution in [3.63, 3.8) is 0 Å². The van der Waals surface area contributed by atoms with Gasteiger partial charge in [-0.3, -0.25) is 14.3 Å². The largest absolute Gasteiger partial charge is 0.394 e. The van der Waals surface area contributed by atoms with Crippen LogP contribution in [0.3, 0.4) is 0 Å². The van der Waals surface area contributed by atoms with Gasteiger partial charge in [0.1, 0.15) is 12.3 Å². The summed E-state index contributed by atoms with van der Waals surface area (Å²) < 4.78 is 6.56. The molecule has 8 heteroatoms.